The van der Waals surface area contributed by atoms with Gasteiger partial charge in [0.05, 0.1) is 10.6 Å². The van der Waals surface area contributed by atoms with Crippen molar-refractivity contribution in [3.8, 4) is 0 Å². The number of nitrogens with zero attached hydrogens (tertiary/aromatic N) is 1. The van der Waals surface area contributed by atoms with E-state index in [4.69, 9.17) is 16.3 Å². The molecule has 0 aromatic heterocycles. The summed E-state index contributed by atoms with van der Waals surface area (Å²) in [5.41, 5.74) is 2.00. The molecule has 1 saturated carbocycles. The van der Waals surface area contributed by atoms with Crippen LogP contribution < -0.4 is 9.62 Å². The van der Waals surface area contributed by atoms with Crippen LogP contribution in [0, 0.1) is 0 Å². The second-order valence-electron chi connectivity index (χ2n) is 8.22. The molecule has 0 unspecified atom stereocenters. The van der Waals surface area contributed by atoms with Gasteiger partial charge in [0.15, 0.2) is 6.10 Å². The van der Waals surface area contributed by atoms with Crippen LogP contribution >= 0.6 is 11.6 Å². The summed E-state index contributed by atoms with van der Waals surface area (Å²) in [6.07, 6.45) is 1.06. The number of rotatable bonds is 7. The zero-order valence-electron chi connectivity index (χ0n) is 18.1. The Bertz CT molecular complexity index is 1260. The molecule has 1 aliphatic carbocycles. The maximum absolute atomic E-state index is 12.9. The molecular formula is C23H23ClN2O6S. The second kappa shape index (κ2) is 8.89. The first-order valence-electron chi connectivity index (χ1n) is 10.5. The minimum Gasteiger partial charge on any atom is -0.451 e. The summed E-state index contributed by atoms with van der Waals surface area (Å²) in [6.45, 7) is 3.51. The molecule has 1 aliphatic heterocycles. The third kappa shape index (κ3) is 4.95. The van der Waals surface area contributed by atoms with E-state index in [0.29, 0.717) is 18.5 Å². The first-order chi connectivity index (χ1) is 15.6. The molecule has 0 bridgehead atoms. The number of Topliss-reactive ketones (excluding diaryl/α,β-unsaturated/α-hetero) is 1. The summed E-state index contributed by atoms with van der Waals surface area (Å²) >= 11 is 6.05. The van der Waals surface area contributed by atoms with Crippen molar-refractivity contribution in [3.63, 3.8) is 0 Å². The lowest BCUT2D eigenvalue weighted by molar-refractivity contribution is -0.116. The molecule has 0 spiro atoms. The van der Waals surface area contributed by atoms with Crippen molar-refractivity contribution in [2.75, 3.05) is 11.4 Å². The molecule has 4 rings (SSSR count). The monoisotopic (exact) mass is 490 g/mol. The Hall–Kier alpha value is -2.75. The number of fused-ring (bicyclic) bond motifs is 1. The lowest BCUT2D eigenvalue weighted by Gasteiger charge is -2.16. The SMILES string of the molecule is CC(=O)N1CCc2cc(C(=O)[C@@H](C)OC(=O)c3ccc(Cl)c(S(=O)(=O)NC4CC4)c3)ccc21. The number of ketones is 1. The molecule has 0 saturated heterocycles. The van der Waals surface area contributed by atoms with Gasteiger partial charge in [-0.1, -0.05) is 11.6 Å². The van der Waals surface area contributed by atoms with Gasteiger partial charge in [0.1, 0.15) is 4.90 Å². The van der Waals surface area contributed by atoms with E-state index >= 15 is 0 Å². The van der Waals surface area contributed by atoms with Crippen LogP contribution in [0.25, 0.3) is 0 Å². The summed E-state index contributed by atoms with van der Waals surface area (Å²) in [7, 11) is -3.87. The van der Waals surface area contributed by atoms with Crippen LogP contribution in [-0.4, -0.2) is 44.8 Å². The molecule has 0 radical (unpaired) electrons. The molecule has 1 N–H and O–H groups in total. The first kappa shape index (κ1) is 23.4. The largest absolute Gasteiger partial charge is 0.451 e. The summed E-state index contributed by atoms with van der Waals surface area (Å²) in [5, 5.41) is -0.0124. The highest BCUT2D eigenvalue weighted by Crippen LogP contribution is 2.30. The van der Waals surface area contributed by atoms with Crippen LogP contribution in [0.1, 0.15) is 53.0 Å². The highest BCUT2D eigenvalue weighted by Gasteiger charge is 2.30. The highest BCUT2D eigenvalue weighted by molar-refractivity contribution is 7.89. The molecule has 2 aromatic rings. The van der Waals surface area contributed by atoms with Crippen molar-refractivity contribution >= 4 is 45.0 Å². The molecule has 8 nitrogen and oxygen atoms in total. The van der Waals surface area contributed by atoms with Gasteiger partial charge in [0, 0.05) is 30.8 Å². The number of benzene rings is 2. The number of ether oxygens (including phenoxy) is 1. The molecule has 2 aromatic carbocycles. The lowest BCUT2D eigenvalue weighted by atomic mass is 10.0. The van der Waals surface area contributed by atoms with Gasteiger partial charge in [-0.2, -0.15) is 0 Å². The molecule has 2 aliphatic rings. The fourth-order valence-corrected chi connectivity index (χ4v) is 5.55. The summed E-state index contributed by atoms with van der Waals surface area (Å²) in [4.78, 5) is 38.6. The van der Waals surface area contributed by atoms with Crippen molar-refractivity contribution in [2.24, 2.45) is 0 Å². The molecule has 10 heteroatoms. The molecule has 174 valence electrons. The minimum atomic E-state index is -3.87. The van der Waals surface area contributed by atoms with Gasteiger partial charge in [-0.15, -0.1) is 0 Å². The highest BCUT2D eigenvalue weighted by atomic mass is 35.5. The summed E-state index contributed by atoms with van der Waals surface area (Å²) in [6, 6.07) is 8.73. The number of hydrogen-bond donors (Lipinski definition) is 1. The van der Waals surface area contributed by atoms with Gasteiger partial charge in [-0.05, 0) is 68.1 Å². The van der Waals surface area contributed by atoms with Gasteiger partial charge in [-0.25, -0.2) is 17.9 Å². The Kier molecular flexibility index (Phi) is 6.30. The van der Waals surface area contributed by atoms with Crippen molar-refractivity contribution < 1.29 is 27.5 Å². The lowest BCUT2D eigenvalue weighted by Crippen LogP contribution is -2.27. The van der Waals surface area contributed by atoms with Crippen molar-refractivity contribution in [2.45, 2.75) is 50.2 Å². The van der Waals surface area contributed by atoms with Gasteiger partial charge >= 0.3 is 5.97 Å². The predicted octanol–water partition coefficient (Wildman–Crippen LogP) is 3.12. The maximum Gasteiger partial charge on any atom is 0.338 e. The van der Waals surface area contributed by atoms with E-state index in [-0.39, 0.29) is 27.4 Å². The predicted molar refractivity (Wildman–Crippen MR) is 122 cm³/mol. The standard InChI is InChI=1S/C23H23ClN2O6S/c1-13(22(28)16-4-8-20-15(11-16)9-10-26(20)14(2)27)32-23(29)17-3-7-19(24)21(12-17)33(30,31)25-18-5-6-18/h3-4,7-8,11-13,18,25H,5-6,9-10H2,1-2H3/t13-/m1/s1. The van der Waals surface area contributed by atoms with E-state index in [9.17, 15) is 22.8 Å². The fraction of sp³-hybridized carbons (Fsp3) is 0.348. The minimum absolute atomic E-state index is 0.0124. The Morgan fingerprint density at radius 2 is 1.82 bits per heavy atom. The maximum atomic E-state index is 12.9. The average Bonchev–Trinajstić information content (AvgIpc) is 3.46. The Morgan fingerprint density at radius 1 is 1.12 bits per heavy atom. The molecule has 33 heavy (non-hydrogen) atoms. The van der Waals surface area contributed by atoms with Crippen LogP contribution in [0.2, 0.25) is 5.02 Å². The third-order valence-corrected chi connectivity index (χ3v) is 7.65. The summed E-state index contributed by atoms with van der Waals surface area (Å²) < 4.78 is 32.9. The van der Waals surface area contributed by atoms with Crippen LogP contribution in [-0.2, 0) is 26.0 Å². The van der Waals surface area contributed by atoms with Gasteiger partial charge in [-0.3, -0.25) is 9.59 Å². The van der Waals surface area contributed by atoms with Crippen LogP contribution in [0.15, 0.2) is 41.3 Å². The topological polar surface area (TPSA) is 110 Å². The normalized spacial score (nSPS) is 16.3. The molecule has 1 amide bonds. The van der Waals surface area contributed by atoms with Crippen LogP contribution in [0.4, 0.5) is 5.69 Å². The fourth-order valence-electron chi connectivity index (χ4n) is 3.72. The van der Waals surface area contributed by atoms with Gasteiger partial charge < -0.3 is 9.64 Å². The number of hydrogen-bond acceptors (Lipinski definition) is 6. The average molecular weight is 491 g/mol. The van der Waals surface area contributed by atoms with Crippen molar-refractivity contribution in [3.05, 3.63) is 58.1 Å². The quantitative estimate of drug-likeness (QED) is 0.471. The number of nitrogens with one attached hydrogen (secondary N) is 1. The second-order valence-corrected chi connectivity index (χ2v) is 10.3. The molecular weight excluding hydrogens is 468 g/mol. The third-order valence-electron chi connectivity index (χ3n) is 5.65. The van der Waals surface area contributed by atoms with E-state index in [0.717, 1.165) is 30.2 Å². The number of esters is 1. The summed E-state index contributed by atoms with van der Waals surface area (Å²) in [5.74, 6) is -1.30. The van der Waals surface area contributed by atoms with E-state index in [1.54, 1.807) is 23.1 Å². The number of halogens is 1. The Labute approximate surface area is 196 Å². The number of amides is 1. The van der Waals surface area contributed by atoms with E-state index in [2.05, 4.69) is 4.72 Å². The van der Waals surface area contributed by atoms with E-state index in [1.165, 1.54) is 26.0 Å². The first-order valence-corrected chi connectivity index (χ1v) is 12.4. The molecule has 1 heterocycles. The van der Waals surface area contributed by atoms with Gasteiger partial charge in [0.2, 0.25) is 21.7 Å². The van der Waals surface area contributed by atoms with E-state index < -0.39 is 27.9 Å². The zero-order valence-corrected chi connectivity index (χ0v) is 19.7. The number of carbonyl (C=O) groups excluding carboxylic acids is 3. The van der Waals surface area contributed by atoms with Crippen LogP contribution in [0.3, 0.4) is 0 Å². The zero-order chi connectivity index (χ0) is 23.9. The van der Waals surface area contributed by atoms with E-state index in [1.807, 2.05) is 0 Å². The molecule has 1 fully saturated rings. The van der Waals surface area contributed by atoms with Crippen molar-refractivity contribution in [1.82, 2.24) is 4.72 Å². The van der Waals surface area contributed by atoms with Crippen LogP contribution in [0.5, 0.6) is 0 Å². The van der Waals surface area contributed by atoms with Gasteiger partial charge in [0.25, 0.3) is 0 Å². The Morgan fingerprint density at radius 3 is 2.48 bits per heavy atom. The number of carbonyl (C=O) groups is 3. The Balaban J connectivity index is 1.48. The number of sulfonamides is 1. The smallest absolute Gasteiger partial charge is 0.338 e. The van der Waals surface area contributed by atoms with Crippen molar-refractivity contribution in [1.29, 1.82) is 0 Å². The number of anilines is 1. The molecule has 1 atom stereocenters.